The van der Waals surface area contributed by atoms with Gasteiger partial charge in [0.2, 0.25) is 0 Å². The van der Waals surface area contributed by atoms with Gasteiger partial charge in [-0.15, -0.1) is 0 Å². The summed E-state index contributed by atoms with van der Waals surface area (Å²) in [5, 5.41) is 5.21. The molecule has 0 aliphatic carbocycles. The van der Waals surface area contributed by atoms with E-state index in [1.807, 2.05) is 0 Å². The summed E-state index contributed by atoms with van der Waals surface area (Å²) < 4.78 is 21.1. The summed E-state index contributed by atoms with van der Waals surface area (Å²) in [6.45, 7) is 3.63. The molecule has 0 aliphatic heterocycles. The standard InChI is InChI=1S/C25H32N2O7/c1-5-6-13-33-19-9-7-18(8-10-19)25(30)26-15-24(29)34-16-23(28)27-17(2)21-14-20(31-3)11-12-22(21)32-4/h7-12,14,17H,5-6,13,15-16H2,1-4H3,(H,26,30)(H,27,28). The minimum absolute atomic E-state index is 0.361. The molecule has 0 saturated carbocycles. The Morgan fingerprint density at radius 1 is 0.971 bits per heavy atom. The number of nitrogens with one attached hydrogen (secondary N) is 2. The first-order valence-corrected chi connectivity index (χ1v) is 11.1. The van der Waals surface area contributed by atoms with Gasteiger partial charge in [-0.3, -0.25) is 14.4 Å². The number of unbranched alkanes of at least 4 members (excludes halogenated alkanes) is 1. The van der Waals surface area contributed by atoms with Crippen molar-refractivity contribution in [3.63, 3.8) is 0 Å². The van der Waals surface area contributed by atoms with Crippen LogP contribution in [0, 0.1) is 0 Å². The van der Waals surface area contributed by atoms with Crippen LogP contribution in [-0.4, -0.2) is 51.8 Å². The summed E-state index contributed by atoms with van der Waals surface area (Å²) in [6.07, 6.45) is 1.99. The third kappa shape index (κ3) is 8.31. The summed E-state index contributed by atoms with van der Waals surface area (Å²) in [5.41, 5.74) is 1.10. The smallest absolute Gasteiger partial charge is 0.325 e. The molecular formula is C25H32N2O7. The molecule has 2 amide bonds. The number of carbonyl (C=O) groups is 3. The predicted molar refractivity (Wildman–Crippen MR) is 126 cm³/mol. The van der Waals surface area contributed by atoms with E-state index in [1.165, 1.54) is 7.11 Å². The van der Waals surface area contributed by atoms with Crippen LogP contribution in [0.3, 0.4) is 0 Å². The molecule has 0 radical (unpaired) electrons. The zero-order valence-electron chi connectivity index (χ0n) is 20.0. The van der Waals surface area contributed by atoms with Crippen molar-refractivity contribution in [3.8, 4) is 17.2 Å². The Balaban J connectivity index is 1.76. The molecule has 2 N–H and O–H groups in total. The maximum Gasteiger partial charge on any atom is 0.325 e. The third-order valence-corrected chi connectivity index (χ3v) is 4.92. The summed E-state index contributed by atoms with van der Waals surface area (Å²) >= 11 is 0. The molecule has 0 aromatic heterocycles. The first kappa shape index (κ1) is 26.5. The normalized spacial score (nSPS) is 11.2. The van der Waals surface area contributed by atoms with Crippen molar-refractivity contribution in [2.24, 2.45) is 0 Å². The summed E-state index contributed by atoms with van der Waals surface area (Å²) in [5.74, 6) is 0.244. The van der Waals surface area contributed by atoms with Crippen molar-refractivity contribution in [1.82, 2.24) is 10.6 Å². The highest BCUT2D eigenvalue weighted by Crippen LogP contribution is 2.29. The van der Waals surface area contributed by atoms with Crippen LogP contribution in [0.1, 0.15) is 48.7 Å². The van der Waals surface area contributed by atoms with Gasteiger partial charge in [0, 0.05) is 11.1 Å². The molecule has 0 fully saturated rings. The molecule has 2 rings (SSSR count). The Bertz CT molecular complexity index is 960. The van der Waals surface area contributed by atoms with E-state index >= 15 is 0 Å². The quantitative estimate of drug-likeness (QED) is 0.340. The van der Waals surface area contributed by atoms with Gasteiger partial charge in [-0.25, -0.2) is 0 Å². The summed E-state index contributed by atoms with van der Waals surface area (Å²) in [6, 6.07) is 11.5. The second kappa shape index (κ2) is 13.7. The third-order valence-electron chi connectivity index (χ3n) is 4.92. The average molecular weight is 473 g/mol. The summed E-state index contributed by atoms with van der Waals surface area (Å²) in [4.78, 5) is 36.4. The predicted octanol–water partition coefficient (Wildman–Crippen LogP) is 3.03. The van der Waals surface area contributed by atoms with Gasteiger partial charge in [0.25, 0.3) is 11.8 Å². The number of esters is 1. The maximum absolute atomic E-state index is 12.2. The van der Waals surface area contributed by atoms with E-state index in [0.29, 0.717) is 29.4 Å². The molecular weight excluding hydrogens is 440 g/mol. The summed E-state index contributed by atoms with van der Waals surface area (Å²) in [7, 11) is 3.08. The Kier molecular flexibility index (Phi) is 10.7. The number of carbonyl (C=O) groups excluding carboxylic acids is 3. The van der Waals surface area contributed by atoms with E-state index in [-0.39, 0.29) is 6.54 Å². The second-order valence-electron chi connectivity index (χ2n) is 7.47. The van der Waals surface area contributed by atoms with Gasteiger partial charge in [-0.05, 0) is 55.8 Å². The Morgan fingerprint density at radius 2 is 1.68 bits per heavy atom. The minimum atomic E-state index is -0.727. The Morgan fingerprint density at radius 3 is 2.32 bits per heavy atom. The van der Waals surface area contributed by atoms with Gasteiger partial charge < -0.3 is 29.6 Å². The van der Waals surface area contributed by atoms with Crippen LogP contribution in [-0.2, 0) is 14.3 Å². The van der Waals surface area contributed by atoms with Crippen LogP contribution >= 0.6 is 0 Å². The van der Waals surface area contributed by atoms with Gasteiger partial charge in [0.15, 0.2) is 6.61 Å². The van der Waals surface area contributed by atoms with Gasteiger partial charge in [0.1, 0.15) is 23.8 Å². The lowest BCUT2D eigenvalue weighted by atomic mass is 10.1. The zero-order chi connectivity index (χ0) is 24.9. The van der Waals surface area contributed by atoms with E-state index in [9.17, 15) is 14.4 Å². The fraction of sp³-hybridized carbons (Fsp3) is 0.400. The zero-order valence-corrected chi connectivity index (χ0v) is 20.0. The van der Waals surface area contributed by atoms with E-state index in [0.717, 1.165) is 18.4 Å². The first-order valence-electron chi connectivity index (χ1n) is 11.1. The van der Waals surface area contributed by atoms with Crippen molar-refractivity contribution in [2.45, 2.75) is 32.7 Å². The van der Waals surface area contributed by atoms with Crippen LogP contribution in [0.5, 0.6) is 17.2 Å². The fourth-order valence-electron chi connectivity index (χ4n) is 3.03. The lowest BCUT2D eigenvalue weighted by Crippen LogP contribution is -2.34. The number of hydrogen-bond donors (Lipinski definition) is 2. The number of benzene rings is 2. The second-order valence-corrected chi connectivity index (χ2v) is 7.47. The monoisotopic (exact) mass is 472 g/mol. The van der Waals surface area contributed by atoms with Gasteiger partial charge >= 0.3 is 5.97 Å². The Hall–Kier alpha value is -3.75. The van der Waals surface area contributed by atoms with Crippen LogP contribution in [0.4, 0.5) is 0 Å². The van der Waals surface area contributed by atoms with Crippen LogP contribution in [0.25, 0.3) is 0 Å². The van der Waals surface area contributed by atoms with Crippen molar-refractivity contribution < 1.29 is 33.3 Å². The number of methoxy groups -OCH3 is 2. The van der Waals surface area contributed by atoms with Gasteiger partial charge in [0.05, 0.1) is 26.9 Å². The molecule has 184 valence electrons. The van der Waals surface area contributed by atoms with Crippen molar-refractivity contribution in [1.29, 1.82) is 0 Å². The number of hydrogen-bond acceptors (Lipinski definition) is 7. The lowest BCUT2D eigenvalue weighted by molar-refractivity contribution is -0.147. The molecule has 2 aromatic carbocycles. The number of rotatable bonds is 13. The lowest BCUT2D eigenvalue weighted by Gasteiger charge is -2.18. The molecule has 1 unspecified atom stereocenters. The molecule has 34 heavy (non-hydrogen) atoms. The maximum atomic E-state index is 12.2. The highest BCUT2D eigenvalue weighted by Gasteiger charge is 2.17. The molecule has 0 bridgehead atoms. The van der Waals surface area contributed by atoms with Crippen LogP contribution in [0.15, 0.2) is 42.5 Å². The topological polar surface area (TPSA) is 112 Å². The van der Waals surface area contributed by atoms with E-state index in [4.69, 9.17) is 18.9 Å². The molecule has 2 aromatic rings. The molecule has 0 heterocycles. The number of ether oxygens (including phenoxy) is 4. The van der Waals surface area contributed by atoms with E-state index in [2.05, 4.69) is 17.6 Å². The average Bonchev–Trinajstić information content (AvgIpc) is 2.86. The first-order chi connectivity index (χ1) is 16.4. The fourth-order valence-corrected chi connectivity index (χ4v) is 3.03. The molecule has 0 aliphatic rings. The molecule has 9 nitrogen and oxygen atoms in total. The number of amides is 2. The van der Waals surface area contributed by atoms with Crippen molar-refractivity contribution in [2.75, 3.05) is 34.0 Å². The molecule has 1 atom stereocenters. The highest BCUT2D eigenvalue weighted by atomic mass is 16.5. The molecule has 0 saturated heterocycles. The van der Waals surface area contributed by atoms with Gasteiger partial charge in [-0.2, -0.15) is 0 Å². The van der Waals surface area contributed by atoms with E-state index < -0.39 is 30.4 Å². The van der Waals surface area contributed by atoms with Crippen LogP contribution < -0.4 is 24.8 Å². The van der Waals surface area contributed by atoms with Crippen LogP contribution in [0.2, 0.25) is 0 Å². The largest absolute Gasteiger partial charge is 0.497 e. The van der Waals surface area contributed by atoms with Crippen molar-refractivity contribution in [3.05, 3.63) is 53.6 Å². The Labute approximate surface area is 199 Å². The molecule has 9 heteroatoms. The van der Waals surface area contributed by atoms with E-state index in [1.54, 1.807) is 56.5 Å². The van der Waals surface area contributed by atoms with Gasteiger partial charge in [-0.1, -0.05) is 13.3 Å². The molecule has 0 spiro atoms. The minimum Gasteiger partial charge on any atom is -0.497 e. The SMILES string of the molecule is CCCCOc1ccc(C(=O)NCC(=O)OCC(=O)NC(C)c2cc(OC)ccc2OC)cc1. The highest BCUT2D eigenvalue weighted by molar-refractivity contribution is 5.96. The van der Waals surface area contributed by atoms with Crippen molar-refractivity contribution >= 4 is 17.8 Å².